The van der Waals surface area contributed by atoms with Crippen LogP contribution in [0.25, 0.3) is 0 Å². The third kappa shape index (κ3) is 13.3. The fourth-order valence-corrected chi connectivity index (χ4v) is 4.62. The lowest BCUT2D eigenvalue weighted by Gasteiger charge is -2.34. The number of amides is 2. The van der Waals surface area contributed by atoms with Gasteiger partial charge in [0.2, 0.25) is 11.8 Å². The Bertz CT molecular complexity index is 426. The number of rotatable bonds is 9. The lowest BCUT2D eigenvalue weighted by atomic mass is 9.75. The first kappa shape index (κ1) is 33.5. The van der Waals surface area contributed by atoms with Gasteiger partial charge in [0.1, 0.15) is 0 Å². The molecule has 182 valence electrons. The van der Waals surface area contributed by atoms with Gasteiger partial charge in [0.15, 0.2) is 0 Å². The van der Waals surface area contributed by atoms with E-state index in [1.807, 2.05) is 6.92 Å². The molecular formula is C25H54N2O3. The highest BCUT2D eigenvalue weighted by atomic mass is 16.5. The first-order valence-electron chi connectivity index (χ1n) is 10.7. The minimum Gasteiger partial charge on any atom is -0.382 e. The number of carbonyl (C=O) groups is 2. The number of hydrogen-bond acceptors (Lipinski definition) is 3. The molecule has 0 radical (unpaired) electrons. The number of carbonyl (C=O) groups excluding carboxylic acids is 2. The van der Waals surface area contributed by atoms with Crippen LogP contribution in [0.15, 0.2) is 0 Å². The van der Waals surface area contributed by atoms with Gasteiger partial charge in [0.05, 0.1) is 0 Å². The lowest BCUT2D eigenvalue weighted by Crippen LogP contribution is -2.38. The van der Waals surface area contributed by atoms with Crippen molar-refractivity contribution in [2.45, 2.75) is 126 Å². The Balaban J connectivity index is -0.00000182. The molecule has 0 aromatic rings. The van der Waals surface area contributed by atoms with Gasteiger partial charge in [-0.15, -0.1) is 0 Å². The van der Waals surface area contributed by atoms with Gasteiger partial charge in [-0.05, 0) is 83.0 Å². The van der Waals surface area contributed by atoms with Crippen molar-refractivity contribution < 1.29 is 14.3 Å². The molecule has 0 heterocycles. The van der Waals surface area contributed by atoms with Crippen molar-refractivity contribution in [2.75, 3.05) is 13.2 Å². The summed E-state index contributed by atoms with van der Waals surface area (Å²) in [5.41, 5.74) is 0. The zero-order valence-corrected chi connectivity index (χ0v) is 16.7. The quantitative estimate of drug-likeness (QED) is 0.434. The Morgan fingerprint density at radius 2 is 1.27 bits per heavy atom. The minimum absolute atomic E-state index is 0. The Morgan fingerprint density at radius 1 is 0.800 bits per heavy atom. The van der Waals surface area contributed by atoms with Gasteiger partial charge >= 0.3 is 0 Å². The van der Waals surface area contributed by atoms with E-state index in [-0.39, 0.29) is 41.5 Å². The zero-order valence-electron chi connectivity index (χ0n) is 16.7. The van der Waals surface area contributed by atoms with Crippen LogP contribution in [0, 0.1) is 11.8 Å². The van der Waals surface area contributed by atoms with E-state index < -0.39 is 0 Å². The molecule has 5 heteroatoms. The van der Waals surface area contributed by atoms with Gasteiger partial charge < -0.3 is 15.4 Å². The van der Waals surface area contributed by atoms with Gasteiger partial charge in [-0.3, -0.25) is 9.59 Å². The number of hydrogen-bond donors (Lipinski definition) is 2. The molecular weight excluding hydrogens is 376 g/mol. The summed E-state index contributed by atoms with van der Waals surface area (Å²) in [5, 5.41) is 6.27. The molecule has 0 unspecified atom stereocenters. The molecule has 5 nitrogen and oxygen atoms in total. The first-order chi connectivity index (χ1) is 12.6. The molecule has 2 aliphatic carbocycles. The van der Waals surface area contributed by atoms with Gasteiger partial charge in [-0.2, -0.15) is 0 Å². The molecule has 0 aromatic heterocycles. The van der Waals surface area contributed by atoms with Crippen LogP contribution in [0.4, 0.5) is 0 Å². The van der Waals surface area contributed by atoms with Crippen LogP contribution in [0.5, 0.6) is 0 Å². The second-order valence-corrected chi connectivity index (χ2v) is 8.24. The molecule has 2 rings (SSSR count). The van der Waals surface area contributed by atoms with Crippen LogP contribution in [-0.4, -0.2) is 37.1 Å². The molecule has 2 amide bonds. The monoisotopic (exact) mass is 430 g/mol. The van der Waals surface area contributed by atoms with Crippen LogP contribution in [0.1, 0.15) is 114 Å². The van der Waals surface area contributed by atoms with Crippen LogP contribution < -0.4 is 10.6 Å². The molecule has 0 atom stereocenters. The molecule has 0 saturated heterocycles. The Morgan fingerprint density at radius 3 is 1.70 bits per heavy atom. The van der Waals surface area contributed by atoms with Crippen molar-refractivity contribution in [3.8, 4) is 0 Å². The summed E-state index contributed by atoms with van der Waals surface area (Å²) < 4.78 is 5.28. The highest BCUT2D eigenvalue weighted by molar-refractivity contribution is 5.76. The van der Waals surface area contributed by atoms with Crippen LogP contribution in [0.2, 0.25) is 0 Å². The molecule has 30 heavy (non-hydrogen) atoms. The van der Waals surface area contributed by atoms with Crippen LogP contribution in [0.3, 0.4) is 0 Å². The van der Waals surface area contributed by atoms with Crippen molar-refractivity contribution in [1.29, 1.82) is 0 Å². The average Bonchev–Trinajstić information content (AvgIpc) is 2.62. The fraction of sp³-hybridized carbons (Fsp3) is 0.920. The van der Waals surface area contributed by atoms with E-state index in [2.05, 4.69) is 10.6 Å². The van der Waals surface area contributed by atoms with Crippen molar-refractivity contribution in [3.05, 3.63) is 0 Å². The molecule has 0 bridgehead atoms. The van der Waals surface area contributed by atoms with Gasteiger partial charge in [0.25, 0.3) is 0 Å². The van der Waals surface area contributed by atoms with Gasteiger partial charge in [0, 0.05) is 38.6 Å². The third-order valence-electron chi connectivity index (χ3n) is 6.03. The molecule has 0 aliphatic heterocycles. The second kappa shape index (κ2) is 18.7. The third-order valence-corrected chi connectivity index (χ3v) is 6.03. The van der Waals surface area contributed by atoms with E-state index in [9.17, 15) is 9.59 Å². The van der Waals surface area contributed by atoms with E-state index in [1.165, 1.54) is 32.1 Å². The lowest BCUT2D eigenvalue weighted by molar-refractivity contribution is -0.122. The summed E-state index contributed by atoms with van der Waals surface area (Å²) in [6, 6.07) is 0.777. The van der Waals surface area contributed by atoms with Crippen LogP contribution >= 0.6 is 0 Å². The molecule has 2 fully saturated rings. The molecule has 0 spiro atoms. The van der Waals surface area contributed by atoms with Crippen LogP contribution in [-0.2, 0) is 14.3 Å². The SMILES string of the molecule is C.C.C.C.CCOCCCC(=O)NC1CCC(CC2CCC(NC(C)=O)CC2)CC1. The maximum absolute atomic E-state index is 12.0. The zero-order chi connectivity index (χ0) is 18.8. The number of nitrogens with one attached hydrogen (secondary N) is 2. The van der Waals surface area contributed by atoms with Crippen molar-refractivity contribution >= 4 is 11.8 Å². The highest BCUT2D eigenvalue weighted by Crippen LogP contribution is 2.35. The fourth-order valence-electron chi connectivity index (χ4n) is 4.62. The first-order valence-corrected chi connectivity index (χ1v) is 10.7. The molecule has 2 aliphatic rings. The van der Waals surface area contributed by atoms with E-state index in [0.717, 1.165) is 50.5 Å². The van der Waals surface area contributed by atoms with Crippen molar-refractivity contribution in [1.82, 2.24) is 10.6 Å². The van der Waals surface area contributed by atoms with Gasteiger partial charge in [-0.1, -0.05) is 29.7 Å². The van der Waals surface area contributed by atoms with E-state index in [0.29, 0.717) is 25.1 Å². The summed E-state index contributed by atoms with van der Waals surface area (Å²) in [4.78, 5) is 23.1. The standard InChI is InChI=1S/C21H38N2O3.4CH4/c1-3-26-14-4-5-21(25)23-20-12-8-18(9-13-20)15-17-6-10-19(11-7-17)22-16(2)24;;;;/h17-20H,3-15H2,1-2H3,(H,22,24)(H,23,25);4*1H4. The summed E-state index contributed by atoms with van der Waals surface area (Å²) in [6.45, 7) is 5.00. The largest absolute Gasteiger partial charge is 0.382 e. The predicted molar refractivity (Wildman–Crippen MR) is 131 cm³/mol. The maximum Gasteiger partial charge on any atom is 0.220 e. The average molecular weight is 431 g/mol. The Hall–Kier alpha value is -1.10. The van der Waals surface area contributed by atoms with Gasteiger partial charge in [-0.25, -0.2) is 0 Å². The summed E-state index contributed by atoms with van der Waals surface area (Å²) >= 11 is 0. The normalized spacial score (nSPS) is 25.3. The maximum atomic E-state index is 12.0. The molecule has 2 saturated carbocycles. The Labute approximate surface area is 188 Å². The van der Waals surface area contributed by atoms with Crippen molar-refractivity contribution in [2.24, 2.45) is 11.8 Å². The van der Waals surface area contributed by atoms with Crippen molar-refractivity contribution in [3.63, 3.8) is 0 Å². The molecule has 0 aromatic carbocycles. The van der Waals surface area contributed by atoms with E-state index in [4.69, 9.17) is 4.74 Å². The summed E-state index contributed by atoms with van der Waals surface area (Å²) in [5.74, 6) is 1.94. The minimum atomic E-state index is 0. The highest BCUT2D eigenvalue weighted by Gasteiger charge is 2.27. The molecule has 2 N–H and O–H groups in total. The second-order valence-electron chi connectivity index (χ2n) is 8.24. The van der Waals surface area contributed by atoms with E-state index >= 15 is 0 Å². The topological polar surface area (TPSA) is 67.4 Å². The predicted octanol–water partition coefficient (Wildman–Crippen LogP) is 6.11. The smallest absolute Gasteiger partial charge is 0.220 e. The Kier molecular flexibility index (Phi) is 20.8. The summed E-state index contributed by atoms with van der Waals surface area (Å²) in [6.07, 6.45) is 12.3. The number of ether oxygens (including phenoxy) is 1. The van der Waals surface area contributed by atoms with E-state index in [1.54, 1.807) is 6.92 Å². The summed E-state index contributed by atoms with van der Waals surface area (Å²) in [7, 11) is 0.